The molecule has 3 nitrogen and oxygen atoms in total. The smallest absolute Gasteiger partial charge is 0.249 e. The van der Waals surface area contributed by atoms with Crippen LogP contribution in [0.15, 0.2) is 29.5 Å². The summed E-state index contributed by atoms with van der Waals surface area (Å²) in [6.45, 7) is 6.22. The van der Waals surface area contributed by atoms with E-state index in [9.17, 15) is 4.79 Å². The van der Waals surface area contributed by atoms with Crippen molar-refractivity contribution in [2.45, 2.75) is 6.92 Å². The topological polar surface area (TPSA) is 40.5 Å². The fraction of sp³-hybridized carbons (Fsp3) is 0.182. The summed E-state index contributed by atoms with van der Waals surface area (Å²) in [6.07, 6.45) is 9.33. The summed E-state index contributed by atoms with van der Waals surface area (Å²) in [5.74, 6) is 1.36. The third-order valence-corrected chi connectivity index (χ3v) is 1.88. The molecule has 0 fully saturated rings. The molecule has 0 aromatic carbocycles. The number of hydrogen-bond donors (Lipinski definition) is 1. The van der Waals surface area contributed by atoms with Crippen LogP contribution in [0, 0.1) is 18.5 Å². The van der Waals surface area contributed by atoms with Crippen LogP contribution in [0.1, 0.15) is 6.92 Å². The predicted molar refractivity (Wildman–Crippen MR) is 52.8 cm³/mol. The van der Waals surface area contributed by atoms with E-state index in [2.05, 4.69) is 18.7 Å². The second-order valence-corrected chi connectivity index (χ2v) is 2.72. The van der Waals surface area contributed by atoms with Crippen molar-refractivity contribution in [3.8, 4) is 12.3 Å². The first-order chi connectivity index (χ1) is 6.60. The molecule has 0 saturated carbocycles. The van der Waals surface area contributed by atoms with Crippen molar-refractivity contribution in [1.82, 2.24) is 4.90 Å². The molecule has 0 atom stereocenters. The third-order valence-electron chi connectivity index (χ3n) is 1.88. The Balaban J connectivity index is 0.00000196. The molecular formula is C11H10NO2Y-. The molecule has 1 rings (SSSR count). The van der Waals surface area contributed by atoms with Gasteiger partial charge in [0.2, 0.25) is 5.97 Å². The predicted octanol–water partition coefficient (Wildman–Crippen LogP) is 1.16. The first-order valence-corrected chi connectivity index (χ1v) is 4.12. The molecule has 15 heavy (non-hydrogen) atoms. The molecule has 1 aliphatic rings. The summed E-state index contributed by atoms with van der Waals surface area (Å²) in [5.41, 5.74) is 1.16. The molecule has 1 aliphatic heterocycles. The van der Waals surface area contributed by atoms with E-state index >= 15 is 0 Å². The van der Waals surface area contributed by atoms with E-state index in [0.717, 1.165) is 0 Å². The Morgan fingerprint density at radius 3 is 2.80 bits per heavy atom. The van der Waals surface area contributed by atoms with E-state index in [1.807, 2.05) is 6.92 Å². The molecule has 0 saturated heterocycles. The van der Waals surface area contributed by atoms with Gasteiger partial charge in [-0.2, -0.15) is 0 Å². The minimum atomic E-state index is -1.04. The van der Waals surface area contributed by atoms with Gasteiger partial charge < -0.3 is 14.8 Å². The minimum absolute atomic E-state index is 0. The van der Waals surface area contributed by atoms with Gasteiger partial charge in [-0.05, 0) is 23.8 Å². The van der Waals surface area contributed by atoms with Gasteiger partial charge in [-0.3, -0.25) is 0 Å². The average molecular weight is 277 g/mol. The van der Waals surface area contributed by atoms with Crippen molar-refractivity contribution in [2.24, 2.45) is 0 Å². The molecule has 0 aromatic heterocycles. The Bertz CT molecular complexity index is 388. The van der Waals surface area contributed by atoms with Crippen LogP contribution in [0.25, 0.3) is 0 Å². The van der Waals surface area contributed by atoms with Crippen molar-refractivity contribution >= 4 is 5.97 Å². The van der Waals surface area contributed by atoms with Crippen molar-refractivity contribution in [3.63, 3.8) is 0 Å². The molecule has 1 heterocycles. The van der Waals surface area contributed by atoms with Gasteiger partial charge >= 0.3 is 0 Å². The molecule has 0 unspecified atom stereocenters. The van der Waals surface area contributed by atoms with E-state index in [4.69, 9.17) is 11.5 Å². The quantitative estimate of drug-likeness (QED) is 0.608. The number of likely N-dealkylation sites (N-methyl/N-ethyl adjacent to an activating group) is 1. The van der Waals surface area contributed by atoms with Crippen molar-refractivity contribution in [2.75, 3.05) is 6.54 Å². The van der Waals surface area contributed by atoms with Crippen molar-refractivity contribution < 1.29 is 42.6 Å². The maximum Gasteiger partial charge on any atom is 0.249 e. The summed E-state index contributed by atoms with van der Waals surface area (Å²) in [7, 11) is 0. The van der Waals surface area contributed by atoms with Crippen LogP contribution in [-0.2, 0) is 37.5 Å². The summed E-state index contributed by atoms with van der Waals surface area (Å²) < 4.78 is 0. The monoisotopic (exact) mass is 277 g/mol. The Morgan fingerprint density at radius 1 is 1.80 bits per heavy atom. The fourth-order valence-corrected chi connectivity index (χ4v) is 1.12. The molecule has 4 heteroatoms. The molecule has 0 spiro atoms. The fourth-order valence-electron chi connectivity index (χ4n) is 1.12. The SMILES string of the molecule is C#CC1=CC(C(=O)O)=[C-]N(CC)C1=C.[Y]. The molecule has 1 radical (unpaired) electrons. The van der Waals surface area contributed by atoms with E-state index in [1.165, 1.54) is 6.08 Å². The van der Waals surface area contributed by atoms with Gasteiger partial charge in [0, 0.05) is 39.3 Å². The largest absolute Gasteiger partial charge is 0.521 e. The van der Waals surface area contributed by atoms with E-state index in [1.54, 1.807) is 4.90 Å². The van der Waals surface area contributed by atoms with Crippen LogP contribution in [-0.4, -0.2) is 22.5 Å². The van der Waals surface area contributed by atoms with Crippen LogP contribution in [0.4, 0.5) is 0 Å². The standard InChI is InChI=1S/C11H10NO2.Y/c1-4-9-6-10(11(13)14)7-12(5-2)8(9)3;/h1,6H,3,5H2,2H3,(H,13,14);/q-1;. The van der Waals surface area contributed by atoms with Crippen LogP contribution in [0.3, 0.4) is 0 Å². The Labute approximate surface area is 114 Å². The van der Waals surface area contributed by atoms with Gasteiger partial charge in [-0.15, -0.1) is 19.1 Å². The number of carboxylic acid groups (broad SMARTS) is 1. The zero-order valence-corrected chi connectivity index (χ0v) is 11.3. The summed E-state index contributed by atoms with van der Waals surface area (Å²) in [5, 5.41) is 8.78. The molecule has 0 aliphatic carbocycles. The first-order valence-electron chi connectivity index (χ1n) is 4.12. The van der Waals surface area contributed by atoms with E-state index < -0.39 is 5.97 Å². The second kappa shape index (κ2) is 5.90. The number of carboxylic acids is 1. The maximum atomic E-state index is 10.7. The van der Waals surface area contributed by atoms with Crippen LogP contribution < -0.4 is 0 Å². The van der Waals surface area contributed by atoms with Gasteiger partial charge in [0.05, 0.1) is 0 Å². The van der Waals surface area contributed by atoms with Crippen molar-refractivity contribution in [1.29, 1.82) is 0 Å². The number of rotatable bonds is 2. The van der Waals surface area contributed by atoms with Crippen LogP contribution in [0.5, 0.6) is 0 Å². The number of nitrogens with zero attached hydrogens (tertiary/aromatic N) is 1. The Hall–Kier alpha value is -0.846. The molecule has 1 N–H and O–H groups in total. The van der Waals surface area contributed by atoms with Crippen LogP contribution in [0.2, 0.25) is 0 Å². The Morgan fingerprint density at radius 2 is 2.40 bits per heavy atom. The van der Waals surface area contributed by atoms with Crippen LogP contribution >= 0.6 is 0 Å². The molecule has 0 aromatic rings. The summed E-state index contributed by atoms with van der Waals surface area (Å²) in [4.78, 5) is 12.3. The van der Waals surface area contributed by atoms with E-state index in [-0.39, 0.29) is 38.3 Å². The van der Waals surface area contributed by atoms with Gasteiger partial charge in [0.1, 0.15) is 0 Å². The average Bonchev–Trinajstić information content (AvgIpc) is 2.17. The molecule has 0 bridgehead atoms. The number of aliphatic carboxylic acids is 1. The third kappa shape index (κ3) is 3.05. The zero-order chi connectivity index (χ0) is 10.7. The maximum absolute atomic E-state index is 10.7. The van der Waals surface area contributed by atoms with Crippen molar-refractivity contribution in [3.05, 3.63) is 35.7 Å². The number of carbonyl (C=O) groups is 1. The molecule has 75 valence electrons. The van der Waals surface area contributed by atoms with E-state index in [0.29, 0.717) is 17.8 Å². The van der Waals surface area contributed by atoms with Gasteiger partial charge in [0.25, 0.3) is 0 Å². The normalized spacial score (nSPS) is 14.7. The van der Waals surface area contributed by atoms with Gasteiger partial charge in [-0.1, -0.05) is 12.1 Å². The molecule has 0 amide bonds. The zero-order valence-electron chi connectivity index (χ0n) is 8.45. The number of hydrogen-bond acceptors (Lipinski definition) is 2. The minimum Gasteiger partial charge on any atom is -0.521 e. The number of terminal acetylenes is 1. The number of allylic oxidation sites excluding steroid dienone is 1. The second-order valence-electron chi connectivity index (χ2n) is 2.72. The summed E-state index contributed by atoms with van der Waals surface area (Å²) in [6, 6.07) is 0. The summed E-state index contributed by atoms with van der Waals surface area (Å²) >= 11 is 0. The first kappa shape index (κ1) is 14.2. The van der Waals surface area contributed by atoms with Gasteiger partial charge in [0.15, 0.2) is 0 Å². The van der Waals surface area contributed by atoms with Gasteiger partial charge in [-0.25, -0.2) is 0 Å². The Kier molecular flexibility index (Phi) is 5.56. The molecular weight excluding hydrogens is 267 g/mol.